The number of furan rings is 1. The van der Waals surface area contributed by atoms with Crippen LogP contribution in [0.15, 0.2) is 156 Å². The minimum absolute atomic E-state index is 0.722. The molecule has 0 amide bonds. The topological polar surface area (TPSA) is 43.9 Å². The highest BCUT2D eigenvalue weighted by atomic mass is 32.1. The van der Waals surface area contributed by atoms with Gasteiger partial charge in [-0.3, -0.25) is 4.57 Å². The number of nitrogens with zero attached hydrogens (tertiary/aromatic N) is 3. The van der Waals surface area contributed by atoms with Crippen molar-refractivity contribution in [3.8, 4) is 17.2 Å². The number of hydrogen-bond donors (Lipinski definition) is 0. The van der Waals surface area contributed by atoms with Crippen LogP contribution in [0.4, 0.5) is 0 Å². The van der Waals surface area contributed by atoms with Crippen LogP contribution in [0, 0.1) is 0 Å². The molecule has 0 aliphatic carbocycles. The van der Waals surface area contributed by atoms with E-state index < -0.39 is 0 Å². The van der Waals surface area contributed by atoms with Gasteiger partial charge in [-0.1, -0.05) is 103 Å². The molecule has 236 valence electrons. The van der Waals surface area contributed by atoms with Crippen molar-refractivity contribution in [3.05, 3.63) is 152 Å². The standard InChI is InChI=1S/C46H25N3OS/c1-2-14-28-27(13-1)40-33(24-25-38-42(40)32-17-5-9-22-37(32)50-38)43-41(28)31-16-4-8-21-36(31)49(43)46-30-15-3-7-20-35(30)47-45(48-46)34-19-11-18-29-26-12-6-10-23-39(26)51-44(29)34/h1-25H. The van der Waals surface area contributed by atoms with E-state index in [-0.39, 0.29) is 0 Å². The molecule has 0 bridgehead atoms. The van der Waals surface area contributed by atoms with Crippen molar-refractivity contribution >= 4 is 108 Å². The fraction of sp³-hybridized carbons (Fsp3) is 0. The average molecular weight is 668 g/mol. The molecule has 12 aromatic rings. The van der Waals surface area contributed by atoms with Gasteiger partial charge in [0.2, 0.25) is 0 Å². The molecule has 0 unspecified atom stereocenters. The van der Waals surface area contributed by atoms with Gasteiger partial charge in [0.15, 0.2) is 5.82 Å². The van der Waals surface area contributed by atoms with Gasteiger partial charge in [0, 0.05) is 63.4 Å². The summed E-state index contributed by atoms with van der Waals surface area (Å²) in [6.45, 7) is 0. The molecule has 4 heterocycles. The van der Waals surface area contributed by atoms with Crippen molar-refractivity contribution < 1.29 is 4.42 Å². The summed E-state index contributed by atoms with van der Waals surface area (Å²) in [5.74, 6) is 1.59. The number of para-hydroxylation sites is 3. The second-order valence-electron chi connectivity index (χ2n) is 13.2. The van der Waals surface area contributed by atoms with Gasteiger partial charge in [0.1, 0.15) is 17.0 Å². The zero-order chi connectivity index (χ0) is 33.2. The van der Waals surface area contributed by atoms with Crippen LogP contribution in [0.25, 0.3) is 114 Å². The summed E-state index contributed by atoms with van der Waals surface area (Å²) < 4.78 is 11.3. The number of thiophene rings is 1. The maximum atomic E-state index is 6.45. The normalized spacial score (nSPS) is 12.3. The molecule has 0 N–H and O–H groups in total. The van der Waals surface area contributed by atoms with Gasteiger partial charge in [-0.2, -0.15) is 0 Å². The highest BCUT2D eigenvalue weighted by Crippen LogP contribution is 2.47. The highest BCUT2D eigenvalue weighted by Gasteiger charge is 2.24. The summed E-state index contributed by atoms with van der Waals surface area (Å²) >= 11 is 1.81. The SMILES string of the molecule is c1ccc2c(-n3c4ccccc4c4c5ccccc5c5c(ccc6oc7ccccc7c65)c43)nc(-c3cccc4c3sc3ccccc34)nc2c1. The lowest BCUT2D eigenvalue weighted by Crippen LogP contribution is -2.03. The summed E-state index contributed by atoms with van der Waals surface area (Å²) in [6.07, 6.45) is 0. The molecule has 0 aliphatic heterocycles. The number of fused-ring (bicyclic) bond motifs is 16. The van der Waals surface area contributed by atoms with Gasteiger partial charge in [0.05, 0.1) is 16.6 Å². The molecule has 5 heteroatoms. The third-order valence-corrected chi connectivity index (χ3v) is 11.8. The molecule has 4 nitrogen and oxygen atoms in total. The van der Waals surface area contributed by atoms with E-state index in [0.717, 1.165) is 66.5 Å². The summed E-state index contributed by atoms with van der Waals surface area (Å²) in [6, 6.07) is 53.9. The van der Waals surface area contributed by atoms with E-state index >= 15 is 0 Å². The molecule has 0 radical (unpaired) electrons. The summed E-state index contributed by atoms with van der Waals surface area (Å²) in [5.41, 5.74) is 5.98. The zero-order valence-electron chi connectivity index (χ0n) is 27.1. The van der Waals surface area contributed by atoms with Crippen LogP contribution >= 0.6 is 11.3 Å². The Balaban J connectivity index is 1.29. The Morgan fingerprint density at radius 1 is 0.451 bits per heavy atom. The third kappa shape index (κ3) is 3.63. The molecular formula is C46H25N3OS. The monoisotopic (exact) mass is 667 g/mol. The lowest BCUT2D eigenvalue weighted by molar-refractivity contribution is 0.669. The van der Waals surface area contributed by atoms with Crippen LogP contribution in [0.1, 0.15) is 0 Å². The van der Waals surface area contributed by atoms with Gasteiger partial charge in [-0.15, -0.1) is 11.3 Å². The van der Waals surface area contributed by atoms with Gasteiger partial charge < -0.3 is 4.42 Å². The fourth-order valence-corrected chi connectivity index (χ4v) is 9.69. The second-order valence-corrected chi connectivity index (χ2v) is 14.3. The first kappa shape index (κ1) is 27.3. The van der Waals surface area contributed by atoms with Crippen molar-refractivity contribution in [2.75, 3.05) is 0 Å². The molecular weight excluding hydrogens is 643 g/mol. The molecule has 0 saturated carbocycles. The number of benzene rings is 8. The Kier molecular flexibility index (Phi) is 5.35. The lowest BCUT2D eigenvalue weighted by atomic mass is 9.94. The molecule has 0 fully saturated rings. The first-order chi connectivity index (χ1) is 25.3. The minimum Gasteiger partial charge on any atom is -0.456 e. The van der Waals surface area contributed by atoms with Crippen molar-refractivity contribution in [3.63, 3.8) is 0 Å². The molecule has 12 rings (SSSR count). The zero-order valence-corrected chi connectivity index (χ0v) is 27.9. The lowest BCUT2D eigenvalue weighted by Gasteiger charge is -2.15. The smallest absolute Gasteiger partial charge is 0.163 e. The van der Waals surface area contributed by atoms with Crippen LogP contribution in [0.5, 0.6) is 0 Å². The largest absolute Gasteiger partial charge is 0.456 e. The first-order valence-electron chi connectivity index (χ1n) is 17.2. The quantitative estimate of drug-likeness (QED) is 0.172. The predicted octanol–water partition coefficient (Wildman–Crippen LogP) is 13.0. The fourth-order valence-electron chi connectivity index (χ4n) is 8.47. The molecule has 4 aromatic heterocycles. The number of aromatic nitrogens is 3. The van der Waals surface area contributed by atoms with Crippen molar-refractivity contribution in [2.45, 2.75) is 0 Å². The highest BCUT2D eigenvalue weighted by molar-refractivity contribution is 7.26. The van der Waals surface area contributed by atoms with Gasteiger partial charge >= 0.3 is 0 Å². The molecule has 0 spiro atoms. The van der Waals surface area contributed by atoms with E-state index in [0.29, 0.717) is 0 Å². The molecule has 0 atom stereocenters. The van der Waals surface area contributed by atoms with Crippen molar-refractivity contribution in [2.24, 2.45) is 0 Å². The maximum Gasteiger partial charge on any atom is 0.163 e. The predicted molar refractivity (Wildman–Crippen MR) is 214 cm³/mol. The average Bonchev–Trinajstić information content (AvgIpc) is 3.87. The summed E-state index contributed by atoms with van der Waals surface area (Å²) in [4.78, 5) is 10.8. The minimum atomic E-state index is 0.722. The van der Waals surface area contributed by atoms with E-state index in [1.165, 1.54) is 47.1 Å². The van der Waals surface area contributed by atoms with Crippen LogP contribution in [0.2, 0.25) is 0 Å². The van der Waals surface area contributed by atoms with E-state index in [2.05, 4.69) is 150 Å². The number of rotatable bonds is 2. The van der Waals surface area contributed by atoms with Crippen LogP contribution in [0.3, 0.4) is 0 Å². The summed E-state index contributed by atoms with van der Waals surface area (Å²) in [5, 5.41) is 13.0. The van der Waals surface area contributed by atoms with E-state index in [9.17, 15) is 0 Å². The van der Waals surface area contributed by atoms with E-state index in [4.69, 9.17) is 14.4 Å². The Morgan fingerprint density at radius 2 is 1.14 bits per heavy atom. The molecule has 0 aliphatic rings. The van der Waals surface area contributed by atoms with Crippen LogP contribution < -0.4 is 0 Å². The van der Waals surface area contributed by atoms with E-state index in [1.807, 2.05) is 17.4 Å². The number of hydrogen-bond acceptors (Lipinski definition) is 4. The van der Waals surface area contributed by atoms with Gasteiger partial charge in [0.25, 0.3) is 0 Å². The Morgan fingerprint density at radius 3 is 2.02 bits per heavy atom. The van der Waals surface area contributed by atoms with Crippen molar-refractivity contribution in [1.29, 1.82) is 0 Å². The second kappa shape index (κ2) is 10.0. The third-order valence-electron chi connectivity index (χ3n) is 10.6. The molecule has 8 aromatic carbocycles. The Bertz CT molecular complexity index is 3440. The van der Waals surface area contributed by atoms with Crippen LogP contribution in [-0.4, -0.2) is 14.5 Å². The van der Waals surface area contributed by atoms with E-state index in [1.54, 1.807) is 0 Å². The van der Waals surface area contributed by atoms with Crippen LogP contribution in [-0.2, 0) is 0 Å². The molecule has 51 heavy (non-hydrogen) atoms. The van der Waals surface area contributed by atoms with Gasteiger partial charge in [-0.05, 0) is 59.3 Å². The van der Waals surface area contributed by atoms with Gasteiger partial charge in [-0.25, -0.2) is 9.97 Å². The first-order valence-corrected chi connectivity index (χ1v) is 18.0. The molecule has 0 saturated heterocycles. The Hall–Kier alpha value is -6.56. The maximum absolute atomic E-state index is 6.45. The summed E-state index contributed by atoms with van der Waals surface area (Å²) in [7, 11) is 0. The van der Waals surface area contributed by atoms with Crippen molar-refractivity contribution in [1.82, 2.24) is 14.5 Å². The Labute approximate surface area is 294 Å².